The summed E-state index contributed by atoms with van der Waals surface area (Å²) in [5.41, 5.74) is 1.42. The van der Waals surface area contributed by atoms with Crippen molar-refractivity contribution < 1.29 is 9.59 Å². The molecule has 130 valence electrons. The quantitative estimate of drug-likeness (QED) is 0.653. The molecular formula is C19H20N2O2S2. The van der Waals surface area contributed by atoms with Gasteiger partial charge in [0.25, 0.3) is 5.91 Å². The second-order valence-corrected chi connectivity index (χ2v) is 8.73. The standard InChI is InChI=1S/C19H20N2O2S2/c1-13-4-6-14(7-5-13)24-12-10-21-17(22)19(20-18(21)23)9-2-3-16-15(19)8-11-25-16/h4-8,11H,2-3,9-10,12H2,1H3,(H,20,23). The van der Waals surface area contributed by atoms with E-state index < -0.39 is 5.54 Å². The van der Waals surface area contributed by atoms with Gasteiger partial charge in [-0.1, -0.05) is 17.7 Å². The molecule has 0 radical (unpaired) electrons. The van der Waals surface area contributed by atoms with Crippen molar-refractivity contribution in [2.45, 2.75) is 36.6 Å². The lowest BCUT2D eigenvalue weighted by Gasteiger charge is -2.31. The number of aryl methyl sites for hydroxylation is 2. The Morgan fingerprint density at radius 2 is 2.04 bits per heavy atom. The zero-order valence-electron chi connectivity index (χ0n) is 14.1. The van der Waals surface area contributed by atoms with Crippen LogP contribution in [0.4, 0.5) is 4.79 Å². The third-order valence-corrected chi connectivity index (χ3v) is 6.91. The summed E-state index contributed by atoms with van der Waals surface area (Å²) in [6, 6.07) is 10.0. The van der Waals surface area contributed by atoms with Gasteiger partial charge in [0.05, 0.1) is 0 Å². The third kappa shape index (κ3) is 2.87. The summed E-state index contributed by atoms with van der Waals surface area (Å²) in [5.74, 6) is 0.621. The number of hydrogen-bond acceptors (Lipinski definition) is 4. The van der Waals surface area contributed by atoms with Crippen LogP contribution in [0.5, 0.6) is 0 Å². The number of urea groups is 1. The van der Waals surface area contributed by atoms with Crippen LogP contribution >= 0.6 is 23.1 Å². The lowest BCUT2D eigenvalue weighted by atomic mass is 9.80. The van der Waals surface area contributed by atoms with Crippen LogP contribution in [0.25, 0.3) is 0 Å². The summed E-state index contributed by atoms with van der Waals surface area (Å²) in [6.45, 7) is 2.49. The van der Waals surface area contributed by atoms with Crippen molar-refractivity contribution in [2.75, 3.05) is 12.3 Å². The Hall–Kier alpha value is -1.79. The largest absolute Gasteiger partial charge is 0.325 e. The van der Waals surface area contributed by atoms with Gasteiger partial charge in [0.2, 0.25) is 0 Å². The van der Waals surface area contributed by atoms with Crippen LogP contribution in [0.2, 0.25) is 0 Å². The number of fused-ring (bicyclic) bond motifs is 2. The van der Waals surface area contributed by atoms with Gasteiger partial charge in [-0.15, -0.1) is 23.1 Å². The predicted octanol–water partition coefficient (Wildman–Crippen LogP) is 3.93. The number of rotatable bonds is 4. The van der Waals surface area contributed by atoms with Gasteiger partial charge >= 0.3 is 6.03 Å². The Kier molecular flexibility index (Phi) is 4.33. The lowest BCUT2D eigenvalue weighted by molar-refractivity contribution is -0.132. The smallest absolute Gasteiger partial charge is 0.319 e. The molecule has 2 aromatic rings. The van der Waals surface area contributed by atoms with E-state index in [4.69, 9.17) is 0 Å². The molecule has 6 heteroatoms. The summed E-state index contributed by atoms with van der Waals surface area (Å²) >= 11 is 3.35. The first-order chi connectivity index (χ1) is 12.1. The highest BCUT2D eigenvalue weighted by atomic mass is 32.2. The molecule has 1 aromatic carbocycles. The van der Waals surface area contributed by atoms with Crippen LogP contribution in [-0.2, 0) is 16.8 Å². The van der Waals surface area contributed by atoms with Gasteiger partial charge in [-0.25, -0.2) is 4.79 Å². The zero-order valence-corrected chi connectivity index (χ0v) is 15.7. The number of thiophene rings is 1. The first-order valence-corrected chi connectivity index (χ1v) is 10.4. The van der Waals surface area contributed by atoms with Crippen molar-refractivity contribution in [1.82, 2.24) is 10.2 Å². The first kappa shape index (κ1) is 16.7. The second kappa shape index (κ2) is 6.50. The van der Waals surface area contributed by atoms with E-state index in [1.807, 2.05) is 11.4 Å². The third-order valence-electron chi connectivity index (χ3n) is 4.94. The van der Waals surface area contributed by atoms with Crippen molar-refractivity contribution in [1.29, 1.82) is 0 Å². The molecule has 0 saturated carbocycles. The maximum Gasteiger partial charge on any atom is 0.325 e. The van der Waals surface area contributed by atoms with Crippen molar-refractivity contribution in [3.05, 3.63) is 51.7 Å². The maximum absolute atomic E-state index is 13.1. The van der Waals surface area contributed by atoms with Crippen LogP contribution in [-0.4, -0.2) is 29.1 Å². The Morgan fingerprint density at radius 3 is 2.84 bits per heavy atom. The van der Waals surface area contributed by atoms with E-state index >= 15 is 0 Å². The molecule has 4 nitrogen and oxygen atoms in total. The number of hydrogen-bond donors (Lipinski definition) is 1. The van der Waals surface area contributed by atoms with Gasteiger partial charge in [-0.3, -0.25) is 9.69 Å². The van der Waals surface area contributed by atoms with E-state index in [0.29, 0.717) is 18.7 Å². The molecule has 1 aliphatic heterocycles. The number of nitrogens with one attached hydrogen (secondary N) is 1. The zero-order chi connectivity index (χ0) is 17.4. The number of imide groups is 1. The van der Waals surface area contributed by atoms with Crippen LogP contribution in [0.15, 0.2) is 40.6 Å². The van der Waals surface area contributed by atoms with E-state index in [1.165, 1.54) is 15.3 Å². The molecule has 25 heavy (non-hydrogen) atoms. The Labute approximate surface area is 155 Å². The van der Waals surface area contributed by atoms with E-state index in [-0.39, 0.29) is 11.9 Å². The lowest BCUT2D eigenvalue weighted by Crippen LogP contribution is -2.46. The molecule has 1 saturated heterocycles. The van der Waals surface area contributed by atoms with E-state index in [0.717, 1.165) is 23.3 Å². The monoisotopic (exact) mass is 372 g/mol. The fraction of sp³-hybridized carbons (Fsp3) is 0.368. The molecule has 2 aliphatic rings. The molecule has 1 aliphatic carbocycles. The van der Waals surface area contributed by atoms with E-state index in [2.05, 4.69) is 36.5 Å². The highest BCUT2D eigenvalue weighted by molar-refractivity contribution is 7.99. The topological polar surface area (TPSA) is 49.4 Å². The summed E-state index contributed by atoms with van der Waals surface area (Å²) in [7, 11) is 0. The molecule has 1 fully saturated rings. The summed E-state index contributed by atoms with van der Waals surface area (Å²) < 4.78 is 0. The average Bonchev–Trinajstić information content (AvgIpc) is 3.17. The van der Waals surface area contributed by atoms with Gasteiger partial charge < -0.3 is 5.32 Å². The fourth-order valence-corrected chi connectivity index (χ4v) is 5.47. The van der Waals surface area contributed by atoms with Gasteiger partial charge in [-0.05, 0) is 49.8 Å². The molecule has 1 spiro atoms. The number of carbonyl (C=O) groups is 2. The van der Waals surface area contributed by atoms with E-state index in [9.17, 15) is 9.59 Å². The maximum atomic E-state index is 13.1. The Bertz CT molecular complexity index is 815. The number of amides is 3. The van der Waals surface area contributed by atoms with Crippen molar-refractivity contribution in [3.8, 4) is 0 Å². The van der Waals surface area contributed by atoms with Crippen LogP contribution in [0, 0.1) is 6.92 Å². The van der Waals surface area contributed by atoms with Crippen molar-refractivity contribution >= 4 is 35.0 Å². The molecule has 1 aromatic heterocycles. The van der Waals surface area contributed by atoms with Gasteiger partial charge in [0.15, 0.2) is 0 Å². The first-order valence-electron chi connectivity index (χ1n) is 8.50. The Morgan fingerprint density at radius 1 is 1.24 bits per heavy atom. The number of thioether (sulfide) groups is 1. The van der Waals surface area contributed by atoms with Crippen LogP contribution in [0.3, 0.4) is 0 Å². The molecule has 1 unspecified atom stereocenters. The van der Waals surface area contributed by atoms with Crippen LogP contribution < -0.4 is 5.32 Å². The van der Waals surface area contributed by atoms with Gasteiger partial charge in [-0.2, -0.15) is 0 Å². The summed E-state index contributed by atoms with van der Waals surface area (Å²) in [4.78, 5) is 29.3. The molecular weight excluding hydrogens is 352 g/mol. The van der Waals surface area contributed by atoms with Crippen LogP contribution in [0.1, 0.15) is 28.8 Å². The van der Waals surface area contributed by atoms with Crippen molar-refractivity contribution in [3.63, 3.8) is 0 Å². The highest BCUT2D eigenvalue weighted by Gasteiger charge is 2.54. The minimum atomic E-state index is -0.820. The number of benzene rings is 1. The Balaban J connectivity index is 1.46. The van der Waals surface area contributed by atoms with Crippen molar-refractivity contribution in [2.24, 2.45) is 0 Å². The normalized spacial score (nSPS) is 22.4. The van der Waals surface area contributed by atoms with Gasteiger partial charge in [0.1, 0.15) is 5.54 Å². The molecule has 1 N–H and O–H groups in total. The number of carbonyl (C=O) groups excluding carboxylic acids is 2. The highest BCUT2D eigenvalue weighted by Crippen LogP contribution is 2.42. The average molecular weight is 373 g/mol. The fourth-order valence-electron chi connectivity index (χ4n) is 3.63. The minimum Gasteiger partial charge on any atom is -0.319 e. The SMILES string of the molecule is Cc1ccc(SCCN2C(=O)NC3(CCCc4sccc43)C2=O)cc1. The molecule has 0 bridgehead atoms. The number of nitrogens with zero attached hydrogens (tertiary/aromatic N) is 1. The summed E-state index contributed by atoms with van der Waals surface area (Å²) in [5, 5.41) is 5.02. The molecule has 3 amide bonds. The molecule has 2 heterocycles. The molecule has 1 atom stereocenters. The van der Waals surface area contributed by atoms with E-state index in [1.54, 1.807) is 23.1 Å². The second-order valence-electron chi connectivity index (χ2n) is 6.56. The minimum absolute atomic E-state index is 0.0821. The summed E-state index contributed by atoms with van der Waals surface area (Å²) in [6.07, 6.45) is 2.63. The molecule has 4 rings (SSSR count). The van der Waals surface area contributed by atoms with Gasteiger partial charge in [0, 0.05) is 27.6 Å². The predicted molar refractivity (Wildman–Crippen MR) is 101 cm³/mol.